The highest BCUT2D eigenvalue weighted by Crippen LogP contribution is 2.13. The van der Waals surface area contributed by atoms with E-state index in [-0.39, 0.29) is 23.8 Å². The van der Waals surface area contributed by atoms with E-state index in [1.165, 1.54) is 12.1 Å². The molecule has 2 rings (SSSR count). The molecule has 1 amide bonds. The Morgan fingerprint density at radius 2 is 1.76 bits per heavy atom. The normalized spacial score (nSPS) is 12.6. The van der Waals surface area contributed by atoms with Crippen LogP contribution in [0, 0.1) is 11.6 Å². The van der Waals surface area contributed by atoms with E-state index in [2.05, 4.69) is 10.0 Å². The second kappa shape index (κ2) is 8.17. The van der Waals surface area contributed by atoms with Gasteiger partial charge in [0.05, 0.1) is 10.9 Å². The highest BCUT2D eigenvalue weighted by atomic mass is 32.2. The van der Waals surface area contributed by atoms with Gasteiger partial charge in [0.1, 0.15) is 11.6 Å². The van der Waals surface area contributed by atoms with Gasteiger partial charge in [0.25, 0.3) is 0 Å². The largest absolute Gasteiger partial charge is 0.350 e. The molecule has 0 saturated heterocycles. The van der Waals surface area contributed by atoms with Crippen molar-refractivity contribution in [2.45, 2.75) is 24.3 Å². The van der Waals surface area contributed by atoms with Gasteiger partial charge < -0.3 is 5.32 Å². The third kappa shape index (κ3) is 5.61. The molecule has 0 bridgehead atoms. The van der Waals surface area contributed by atoms with Gasteiger partial charge in [-0.1, -0.05) is 12.1 Å². The molecule has 0 saturated carbocycles. The number of hydrogen-bond acceptors (Lipinski definition) is 3. The number of sulfonamides is 1. The first-order valence-corrected chi connectivity index (χ1v) is 9.06. The zero-order valence-corrected chi connectivity index (χ0v) is 14.3. The molecule has 2 N–H and O–H groups in total. The van der Waals surface area contributed by atoms with Crippen LogP contribution in [-0.4, -0.2) is 20.9 Å². The van der Waals surface area contributed by atoms with Crippen LogP contribution in [-0.2, 0) is 14.8 Å². The molecule has 1 atom stereocenters. The summed E-state index contributed by atoms with van der Waals surface area (Å²) in [6.45, 7) is 1.59. The average molecular weight is 368 g/mol. The summed E-state index contributed by atoms with van der Waals surface area (Å²) in [5.74, 6) is -1.31. The third-order valence-electron chi connectivity index (χ3n) is 3.49. The first kappa shape index (κ1) is 19.0. The van der Waals surface area contributed by atoms with Gasteiger partial charge in [0, 0.05) is 13.0 Å². The number of carbonyl (C=O) groups excluding carboxylic acids is 1. The fourth-order valence-electron chi connectivity index (χ4n) is 2.17. The van der Waals surface area contributed by atoms with E-state index in [0.29, 0.717) is 5.56 Å². The molecule has 0 fully saturated rings. The van der Waals surface area contributed by atoms with Gasteiger partial charge in [0.15, 0.2) is 0 Å². The Hall–Kier alpha value is -2.32. The van der Waals surface area contributed by atoms with E-state index in [0.717, 1.165) is 24.3 Å². The van der Waals surface area contributed by atoms with Crippen molar-refractivity contribution >= 4 is 15.9 Å². The van der Waals surface area contributed by atoms with Crippen molar-refractivity contribution in [3.63, 3.8) is 0 Å². The molecule has 25 heavy (non-hydrogen) atoms. The molecule has 0 radical (unpaired) electrons. The molecule has 0 heterocycles. The van der Waals surface area contributed by atoms with Gasteiger partial charge in [-0.3, -0.25) is 4.79 Å². The Labute approximate surface area is 145 Å². The Bertz CT molecular complexity index is 839. The summed E-state index contributed by atoms with van der Waals surface area (Å²) in [6.07, 6.45) is -0.0833. The Kier molecular flexibility index (Phi) is 6.22. The van der Waals surface area contributed by atoms with Crippen LogP contribution in [0.2, 0.25) is 0 Å². The van der Waals surface area contributed by atoms with Crippen LogP contribution in [0.1, 0.15) is 24.9 Å². The molecule has 2 aromatic carbocycles. The minimum atomic E-state index is -3.81. The lowest BCUT2D eigenvalue weighted by atomic mass is 10.1. The maximum atomic E-state index is 13.2. The van der Waals surface area contributed by atoms with Crippen LogP contribution >= 0.6 is 0 Å². The predicted molar refractivity (Wildman–Crippen MR) is 89.2 cm³/mol. The average Bonchev–Trinajstić information content (AvgIpc) is 2.55. The molecule has 0 aliphatic rings. The second-order valence-electron chi connectivity index (χ2n) is 5.45. The number of hydrogen-bond donors (Lipinski definition) is 2. The molecule has 8 heteroatoms. The van der Waals surface area contributed by atoms with Crippen molar-refractivity contribution in [2.75, 3.05) is 6.54 Å². The summed E-state index contributed by atoms with van der Waals surface area (Å²) < 4.78 is 52.3. The molecule has 134 valence electrons. The van der Waals surface area contributed by atoms with Gasteiger partial charge >= 0.3 is 0 Å². The minimum absolute atomic E-state index is 0.0811. The van der Waals surface area contributed by atoms with Crippen LogP contribution in [0.4, 0.5) is 8.78 Å². The van der Waals surface area contributed by atoms with Crippen molar-refractivity contribution < 1.29 is 22.0 Å². The summed E-state index contributed by atoms with van der Waals surface area (Å²) in [5, 5.41) is 2.67. The Balaban J connectivity index is 1.84. The molecular weight excluding hydrogens is 350 g/mol. The van der Waals surface area contributed by atoms with Crippen LogP contribution in [0.15, 0.2) is 53.4 Å². The van der Waals surface area contributed by atoms with E-state index in [4.69, 9.17) is 0 Å². The Morgan fingerprint density at radius 3 is 2.40 bits per heavy atom. The smallest absolute Gasteiger partial charge is 0.240 e. The van der Waals surface area contributed by atoms with Crippen LogP contribution in [0.25, 0.3) is 0 Å². The van der Waals surface area contributed by atoms with Gasteiger partial charge in [-0.15, -0.1) is 0 Å². The molecule has 0 aromatic heterocycles. The predicted octanol–water partition coefficient (Wildman–Crippen LogP) is 2.51. The standard InChI is InChI=1S/C17H18F2N2O3S/c1-12(13-3-2-4-15(19)11-13)21-17(22)9-10-20-25(23,24)16-7-5-14(18)6-8-16/h2-8,11-12,20H,9-10H2,1H3,(H,21,22). The topological polar surface area (TPSA) is 75.3 Å². The molecule has 2 aromatic rings. The number of nitrogens with one attached hydrogen (secondary N) is 2. The minimum Gasteiger partial charge on any atom is -0.350 e. The van der Waals surface area contributed by atoms with Crippen LogP contribution in [0.5, 0.6) is 0 Å². The van der Waals surface area contributed by atoms with Crippen molar-refractivity contribution in [3.05, 3.63) is 65.7 Å². The maximum Gasteiger partial charge on any atom is 0.240 e. The van der Waals surface area contributed by atoms with E-state index in [1.54, 1.807) is 19.1 Å². The monoisotopic (exact) mass is 368 g/mol. The molecule has 0 aliphatic carbocycles. The lowest BCUT2D eigenvalue weighted by Gasteiger charge is -2.14. The summed E-state index contributed by atoms with van der Waals surface area (Å²) in [4.78, 5) is 11.8. The van der Waals surface area contributed by atoms with Crippen molar-refractivity contribution in [3.8, 4) is 0 Å². The highest BCUT2D eigenvalue weighted by Gasteiger charge is 2.15. The zero-order valence-electron chi connectivity index (χ0n) is 13.5. The summed E-state index contributed by atoms with van der Waals surface area (Å²) in [6, 6.07) is 9.83. The highest BCUT2D eigenvalue weighted by molar-refractivity contribution is 7.89. The summed E-state index contributed by atoms with van der Waals surface area (Å²) in [5.41, 5.74) is 0.611. The van der Waals surface area contributed by atoms with Crippen molar-refractivity contribution in [1.29, 1.82) is 0 Å². The first-order chi connectivity index (χ1) is 11.8. The number of benzene rings is 2. The maximum absolute atomic E-state index is 13.2. The molecule has 0 aliphatic heterocycles. The van der Waals surface area contributed by atoms with E-state index in [9.17, 15) is 22.0 Å². The van der Waals surface area contributed by atoms with E-state index < -0.39 is 27.7 Å². The SMILES string of the molecule is CC(NC(=O)CCNS(=O)(=O)c1ccc(F)cc1)c1cccc(F)c1. The van der Waals surface area contributed by atoms with E-state index in [1.807, 2.05) is 0 Å². The third-order valence-corrected chi connectivity index (χ3v) is 4.97. The molecule has 0 spiro atoms. The fraction of sp³-hybridized carbons (Fsp3) is 0.235. The van der Waals surface area contributed by atoms with Gasteiger partial charge in [0.2, 0.25) is 15.9 Å². The van der Waals surface area contributed by atoms with E-state index >= 15 is 0 Å². The van der Waals surface area contributed by atoms with Gasteiger partial charge in [-0.25, -0.2) is 21.9 Å². The lowest BCUT2D eigenvalue weighted by Crippen LogP contribution is -2.32. The van der Waals surface area contributed by atoms with Gasteiger partial charge in [-0.05, 0) is 48.9 Å². The molecule has 5 nitrogen and oxygen atoms in total. The Morgan fingerprint density at radius 1 is 1.08 bits per heavy atom. The van der Waals surface area contributed by atoms with Crippen LogP contribution in [0.3, 0.4) is 0 Å². The fourth-order valence-corrected chi connectivity index (χ4v) is 3.20. The van der Waals surface area contributed by atoms with Gasteiger partial charge in [-0.2, -0.15) is 0 Å². The second-order valence-corrected chi connectivity index (χ2v) is 7.21. The summed E-state index contributed by atoms with van der Waals surface area (Å²) in [7, 11) is -3.81. The molecule has 1 unspecified atom stereocenters. The van der Waals surface area contributed by atoms with Crippen LogP contribution < -0.4 is 10.0 Å². The lowest BCUT2D eigenvalue weighted by molar-refractivity contribution is -0.121. The molecular formula is C17H18F2N2O3S. The number of rotatable bonds is 7. The summed E-state index contributed by atoms with van der Waals surface area (Å²) >= 11 is 0. The van der Waals surface area contributed by atoms with Crippen molar-refractivity contribution in [1.82, 2.24) is 10.0 Å². The van der Waals surface area contributed by atoms with Crippen molar-refractivity contribution in [2.24, 2.45) is 0 Å². The quantitative estimate of drug-likeness (QED) is 0.789. The number of halogens is 2. The number of carbonyl (C=O) groups is 1. The number of amides is 1. The first-order valence-electron chi connectivity index (χ1n) is 7.58. The zero-order chi connectivity index (χ0) is 18.4.